The fourth-order valence-corrected chi connectivity index (χ4v) is 3.97. The highest BCUT2D eigenvalue weighted by molar-refractivity contribution is 5.85. The third kappa shape index (κ3) is 2.99. The number of nitrogens with zero attached hydrogens (tertiary/aromatic N) is 3. The third-order valence-electron chi connectivity index (χ3n) is 5.54. The average Bonchev–Trinajstić information content (AvgIpc) is 2.57. The molecule has 3 rings (SSSR count). The van der Waals surface area contributed by atoms with Gasteiger partial charge in [0.05, 0.1) is 6.10 Å². The lowest BCUT2D eigenvalue weighted by Gasteiger charge is -2.46. The largest absolute Gasteiger partial charge is 0.381 e. The van der Waals surface area contributed by atoms with Crippen LogP contribution in [-0.2, 0) is 14.3 Å². The van der Waals surface area contributed by atoms with E-state index in [1.807, 2.05) is 11.9 Å². The van der Waals surface area contributed by atoms with Crippen molar-refractivity contribution in [3.63, 3.8) is 0 Å². The number of piperazine rings is 2. The molecule has 2 amide bonds. The van der Waals surface area contributed by atoms with Crippen molar-refractivity contribution in [2.24, 2.45) is 5.92 Å². The summed E-state index contributed by atoms with van der Waals surface area (Å²) in [5.41, 5.74) is 0. The number of likely N-dealkylation sites (N-methyl/N-ethyl adjacent to an activating group) is 1. The molecular weight excluding hydrogens is 282 g/mol. The standard InChI is InChI=1S/C16H27N3O3/c1-17-7-8-18-9-10-19(11-14(18)16(17)21)15(20)12-3-5-13(22-2)6-4-12/h12-14H,3-11H2,1-2H3/t12?,13?,14-/m0/s1. The molecule has 0 radical (unpaired) electrons. The predicted octanol–water partition coefficient (Wildman–Crippen LogP) is 0.176. The summed E-state index contributed by atoms with van der Waals surface area (Å²) in [7, 11) is 3.60. The molecule has 2 heterocycles. The Labute approximate surface area is 132 Å². The summed E-state index contributed by atoms with van der Waals surface area (Å²) >= 11 is 0. The van der Waals surface area contributed by atoms with Crippen LogP contribution in [0.15, 0.2) is 0 Å². The molecule has 6 heteroatoms. The molecular formula is C16H27N3O3. The van der Waals surface area contributed by atoms with E-state index >= 15 is 0 Å². The zero-order valence-electron chi connectivity index (χ0n) is 13.7. The number of carbonyl (C=O) groups excluding carboxylic acids is 2. The number of carbonyl (C=O) groups is 2. The molecule has 0 unspecified atom stereocenters. The highest BCUT2D eigenvalue weighted by Gasteiger charge is 2.40. The van der Waals surface area contributed by atoms with Crippen LogP contribution >= 0.6 is 0 Å². The van der Waals surface area contributed by atoms with Gasteiger partial charge in [0.2, 0.25) is 11.8 Å². The first kappa shape index (κ1) is 15.7. The fraction of sp³-hybridized carbons (Fsp3) is 0.875. The van der Waals surface area contributed by atoms with E-state index in [2.05, 4.69) is 4.90 Å². The maximum atomic E-state index is 12.8. The Morgan fingerprint density at radius 2 is 1.77 bits per heavy atom. The van der Waals surface area contributed by atoms with Crippen molar-refractivity contribution in [1.29, 1.82) is 0 Å². The fourth-order valence-electron chi connectivity index (χ4n) is 3.97. The monoisotopic (exact) mass is 309 g/mol. The second kappa shape index (κ2) is 6.54. The molecule has 0 spiro atoms. The summed E-state index contributed by atoms with van der Waals surface area (Å²) in [6.07, 6.45) is 4.08. The Hall–Kier alpha value is -1.14. The van der Waals surface area contributed by atoms with Crippen molar-refractivity contribution in [2.75, 3.05) is 46.9 Å². The number of methoxy groups -OCH3 is 1. The van der Waals surface area contributed by atoms with E-state index in [9.17, 15) is 9.59 Å². The molecule has 3 fully saturated rings. The molecule has 6 nitrogen and oxygen atoms in total. The first-order chi connectivity index (χ1) is 10.6. The highest BCUT2D eigenvalue weighted by Crippen LogP contribution is 2.28. The highest BCUT2D eigenvalue weighted by atomic mass is 16.5. The summed E-state index contributed by atoms with van der Waals surface area (Å²) < 4.78 is 5.38. The number of hydrogen-bond acceptors (Lipinski definition) is 4. The van der Waals surface area contributed by atoms with Crippen LogP contribution in [0.1, 0.15) is 25.7 Å². The van der Waals surface area contributed by atoms with Crippen molar-refractivity contribution in [3.05, 3.63) is 0 Å². The molecule has 124 valence electrons. The molecule has 2 saturated heterocycles. The van der Waals surface area contributed by atoms with Gasteiger partial charge < -0.3 is 14.5 Å². The second-order valence-corrected chi connectivity index (χ2v) is 6.81. The van der Waals surface area contributed by atoms with Crippen LogP contribution in [0.4, 0.5) is 0 Å². The van der Waals surface area contributed by atoms with Crippen molar-refractivity contribution >= 4 is 11.8 Å². The summed E-state index contributed by atoms with van der Waals surface area (Å²) in [5.74, 6) is 0.524. The van der Waals surface area contributed by atoms with Crippen LogP contribution in [0.2, 0.25) is 0 Å². The van der Waals surface area contributed by atoms with Gasteiger partial charge in [-0.1, -0.05) is 0 Å². The number of hydrogen-bond donors (Lipinski definition) is 0. The molecule has 0 aromatic heterocycles. The molecule has 1 atom stereocenters. The Kier molecular flexibility index (Phi) is 4.68. The first-order valence-corrected chi connectivity index (χ1v) is 8.40. The average molecular weight is 309 g/mol. The number of ether oxygens (including phenoxy) is 1. The minimum atomic E-state index is -0.133. The second-order valence-electron chi connectivity index (χ2n) is 6.81. The molecule has 1 aliphatic carbocycles. The Morgan fingerprint density at radius 3 is 2.45 bits per heavy atom. The van der Waals surface area contributed by atoms with Crippen molar-refractivity contribution < 1.29 is 14.3 Å². The van der Waals surface area contributed by atoms with Gasteiger partial charge in [-0.3, -0.25) is 14.5 Å². The number of rotatable bonds is 2. The Balaban J connectivity index is 1.59. The normalized spacial score (nSPS) is 33.7. The van der Waals surface area contributed by atoms with E-state index in [0.717, 1.165) is 51.9 Å². The summed E-state index contributed by atoms with van der Waals surface area (Å²) in [5, 5.41) is 0. The lowest BCUT2D eigenvalue weighted by atomic mass is 9.86. The van der Waals surface area contributed by atoms with E-state index in [1.54, 1.807) is 12.0 Å². The van der Waals surface area contributed by atoms with Crippen molar-refractivity contribution in [2.45, 2.75) is 37.8 Å². The van der Waals surface area contributed by atoms with E-state index in [4.69, 9.17) is 4.74 Å². The van der Waals surface area contributed by atoms with E-state index < -0.39 is 0 Å². The van der Waals surface area contributed by atoms with Crippen LogP contribution in [-0.4, -0.2) is 85.5 Å². The van der Waals surface area contributed by atoms with E-state index in [0.29, 0.717) is 12.6 Å². The van der Waals surface area contributed by atoms with Crippen LogP contribution in [0.25, 0.3) is 0 Å². The summed E-state index contributed by atoms with van der Waals surface area (Å²) in [6.45, 7) is 3.87. The maximum absolute atomic E-state index is 12.8. The summed E-state index contributed by atoms with van der Waals surface area (Å²) in [4.78, 5) is 31.0. The van der Waals surface area contributed by atoms with E-state index in [-0.39, 0.29) is 23.8 Å². The lowest BCUT2D eigenvalue weighted by Crippen LogP contribution is -2.65. The van der Waals surface area contributed by atoms with Crippen LogP contribution in [0, 0.1) is 5.92 Å². The van der Waals surface area contributed by atoms with Gasteiger partial charge in [0.15, 0.2) is 0 Å². The predicted molar refractivity (Wildman–Crippen MR) is 82.3 cm³/mol. The molecule has 0 aromatic carbocycles. The summed E-state index contributed by atoms with van der Waals surface area (Å²) in [6, 6.07) is -0.133. The lowest BCUT2D eigenvalue weighted by molar-refractivity contribution is -0.149. The van der Waals surface area contributed by atoms with Gasteiger partial charge in [-0.25, -0.2) is 0 Å². The third-order valence-corrected chi connectivity index (χ3v) is 5.54. The SMILES string of the molecule is COC1CCC(C(=O)N2CCN3CCN(C)C(=O)[C@@H]3C2)CC1. The quantitative estimate of drug-likeness (QED) is 0.730. The molecule has 1 saturated carbocycles. The van der Waals surface area contributed by atoms with Gasteiger partial charge in [0.1, 0.15) is 6.04 Å². The molecule has 2 aliphatic heterocycles. The topological polar surface area (TPSA) is 53.1 Å². The zero-order chi connectivity index (χ0) is 15.7. The Bertz CT molecular complexity index is 434. The van der Waals surface area contributed by atoms with Gasteiger partial charge >= 0.3 is 0 Å². The molecule has 0 bridgehead atoms. The number of fused-ring (bicyclic) bond motifs is 1. The van der Waals surface area contributed by atoms with Crippen LogP contribution < -0.4 is 0 Å². The minimum Gasteiger partial charge on any atom is -0.381 e. The van der Waals surface area contributed by atoms with Crippen molar-refractivity contribution in [1.82, 2.24) is 14.7 Å². The molecule has 0 aromatic rings. The maximum Gasteiger partial charge on any atom is 0.241 e. The van der Waals surface area contributed by atoms with Crippen molar-refractivity contribution in [3.8, 4) is 0 Å². The van der Waals surface area contributed by atoms with Gasteiger partial charge in [-0.05, 0) is 25.7 Å². The van der Waals surface area contributed by atoms with Crippen LogP contribution in [0.5, 0.6) is 0 Å². The Morgan fingerprint density at radius 1 is 1.09 bits per heavy atom. The van der Waals surface area contributed by atoms with Crippen LogP contribution in [0.3, 0.4) is 0 Å². The molecule has 22 heavy (non-hydrogen) atoms. The molecule has 3 aliphatic rings. The van der Waals surface area contributed by atoms with Gasteiger partial charge in [0.25, 0.3) is 0 Å². The van der Waals surface area contributed by atoms with E-state index in [1.165, 1.54) is 0 Å². The smallest absolute Gasteiger partial charge is 0.241 e. The van der Waals surface area contributed by atoms with Gasteiger partial charge in [-0.15, -0.1) is 0 Å². The van der Waals surface area contributed by atoms with Gasteiger partial charge in [-0.2, -0.15) is 0 Å². The number of amides is 2. The minimum absolute atomic E-state index is 0.120. The van der Waals surface area contributed by atoms with Gasteiger partial charge in [0, 0.05) is 52.8 Å². The zero-order valence-corrected chi connectivity index (χ0v) is 13.7. The molecule has 0 N–H and O–H groups in total. The first-order valence-electron chi connectivity index (χ1n) is 8.40.